The number of rotatable bonds is 17. The van der Waals surface area contributed by atoms with Crippen LogP contribution in [0.25, 0.3) is 0 Å². The van der Waals surface area contributed by atoms with Crippen LogP contribution in [0.2, 0.25) is 0 Å². The van der Waals surface area contributed by atoms with Crippen molar-refractivity contribution in [2.75, 3.05) is 39.6 Å². The van der Waals surface area contributed by atoms with Crippen LogP contribution in [0, 0.1) is 52.3 Å². The van der Waals surface area contributed by atoms with E-state index in [9.17, 15) is 46.0 Å². The third kappa shape index (κ3) is 9.35. The summed E-state index contributed by atoms with van der Waals surface area (Å²) >= 11 is 0. The average molecular weight is 833 g/mol. The Kier molecular flexibility index (Phi) is 16.0. The summed E-state index contributed by atoms with van der Waals surface area (Å²) in [6.45, 7) is 11.3. The lowest BCUT2D eigenvalue weighted by molar-refractivity contribution is -0.305. The van der Waals surface area contributed by atoms with E-state index in [1.165, 1.54) is 12.8 Å². The first-order chi connectivity index (χ1) is 27.6. The van der Waals surface area contributed by atoms with Gasteiger partial charge in [-0.25, -0.2) is 0 Å². The normalized spacial score (nSPS) is 48.7. The molecule has 6 aliphatic rings. The van der Waals surface area contributed by atoms with Crippen molar-refractivity contribution in [3.05, 3.63) is 0 Å². The van der Waals surface area contributed by atoms with Crippen LogP contribution in [0.15, 0.2) is 0 Å². The molecule has 6 rings (SSSR count). The molecular formula is C43H76O15. The number of hydrogen-bond donors (Lipinski definition) is 9. The fraction of sp³-hybridized carbons (Fsp3) is 1.00. The molecule has 0 spiro atoms. The molecule has 9 N–H and O–H groups in total. The van der Waals surface area contributed by atoms with Gasteiger partial charge in [0.05, 0.1) is 58.0 Å². The number of ether oxygens (including phenoxy) is 6. The summed E-state index contributed by atoms with van der Waals surface area (Å²) in [6.07, 6.45) is -4.48. The molecule has 0 aromatic heterocycles. The Hall–Kier alpha value is -0.600. The van der Waals surface area contributed by atoms with Crippen LogP contribution in [0.4, 0.5) is 0 Å². The van der Waals surface area contributed by atoms with Crippen molar-refractivity contribution in [2.45, 2.75) is 179 Å². The first kappa shape index (κ1) is 46.9. The predicted octanol–water partition coefficient (Wildman–Crippen LogP) is 1.09. The maximum absolute atomic E-state index is 10.9. The summed E-state index contributed by atoms with van der Waals surface area (Å²) in [5, 5.41) is 92.3. The Morgan fingerprint density at radius 3 is 1.76 bits per heavy atom. The smallest absolute Gasteiger partial charge is 0.186 e. The van der Waals surface area contributed by atoms with Crippen molar-refractivity contribution in [1.29, 1.82) is 0 Å². The molecule has 0 aromatic rings. The van der Waals surface area contributed by atoms with Crippen molar-refractivity contribution < 1.29 is 74.4 Å². The zero-order valence-corrected chi connectivity index (χ0v) is 35.3. The zero-order chi connectivity index (χ0) is 42.1. The Morgan fingerprint density at radius 2 is 1.19 bits per heavy atom. The van der Waals surface area contributed by atoms with Gasteiger partial charge in [-0.1, -0.05) is 53.9 Å². The number of aliphatic hydroxyl groups excluding tert-OH is 9. The second kappa shape index (κ2) is 19.8. The zero-order valence-electron chi connectivity index (χ0n) is 35.3. The Balaban J connectivity index is 1.21. The lowest BCUT2D eigenvalue weighted by Crippen LogP contribution is -2.63. The van der Waals surface area contributed by atoms with E-state index in [2.05, 4.69) is 34.6 Å². The molecule has 0 radical (unpaired) electrons. The van der Waals surface area contributed by atoms with Gasteiger partial charge < -0.3 is 74.4 Å². The van der Waals surface area contributed by atoms with Gasteiger partial charge in [0, 0.05) is 5.41 Å². The monoisotopic (exact) mass is 833 g/mol. The maximum Gasteiger partial charge on any atom is 0.186 e. The molecule has 4 aliphatic carbocycles. The largest absolute Gasteiger partial charge is 0.394 e. The van der Waals surface area contributed by atoms with Crippen LogP contribution in [-0.2, 0) is 28.4 Å². The molecule has 0 amide bonds. The highest BCUT2D eigenvalue weighted by Gasteiger charge is 2.66. The second-order valence-electron chi connectivity index (χ2n) is 19.6. The third-order valence-corrected chi connectivity index (χ3v) is 16.0. The average Bonchev–Trinajstić information content (AvgIpc) is 3.56. The minimum Gasteiger partial charge on any atom is -0.394 e. The maximum atomic E-state index is 10.9. The van der Waals surface area contributed by atoms with Crippen LogP contribution >= 0.6 is 0 Å². The Bertz CT molecular complexity index is 1270. The minimum atomic E-state index is -1.52. The highest BCUT2D eigenvalue weighted by molar-refractivity contribution is 5.15. The summed E-state index contributed by atoms with van der Waals surface area (Å²) in [5.41, 5.74) is -0.222. The number of fused-ring (bicyclic) bond motifs is 5. The fourth-order valence-electron chi connectivity index (χ4n) is 12.7. The highest BCUT2D eigenvalue weighted by Crippen LogP contribution is 2.69. The van der Waals surface area contributed by atoms with E-state index in [0.717, 1.165) is 44.9 Å². The summed E-state index contributed by atoms with van der Waals surface area (Å²) in [7, 11) is 0. The van der Waals surface area contributed by atoms with E-state index in [4.69, 9.17) is 28.4 Å². The number of aliphatic hydroxyl groups is 9. The van der Waals surface area contributed by atoms with Crippen LogP contribution in [-0.4, -0.2) is 165 Å². The molecule has 15 heteroatoms. The first-order valence-corrected chi connectivity index (χ1v) is 22.3. The standard InChI is InChI=1S/C43H76O15/c1-22(2)7-6-8-23(3)26-9-10-27-33-28(19-32(43(26,27)5)54-14-16-56-41-39(52)37(50)35(48)31(21-45)58-41)42(4)12-11-25(46)17-24(42)18-29(33)53-13-15-55-40-38(51)36(49)34(47)30(20-44)57-40/h22-41,44-52H,6-21H2,1-5H3/t23-,24+,25-,26-,27+,28+,29-,30?,31?,32+,33+,34-,35-,36+,37+,38?,39?,40-,41-,42+,43-/m1/s1. The van der Waals surface area contributed by atoms with Crippen molar-refractivity contribution in [1.82, 2.24) is 0 Å². The van der Waals surface area contributed by atoms with Crippen molar-refractivity contribution in [2.24, 2.45) is 52.3 Å². The molecule has 2 aliphatic heterocycles. The molecule has 0 bridgehead atoms. The highest BCUT2D eigenvalue weighted by atomic mass is 16.7. The fourth-order valence-corrected chi connectivity index (χ4v) is 12.7. The van der Waals surface area contributed by atoms with Crippen LogP contribution in [0.3, 0.4) is 0 Å². The van der Waals surface area contributed by atoms with Gasteiger partial charge in [-0.05, 0) is 91.8 Å². The summed E-state index contributed by atoms with van der Waals surface area (Å²) in [4.78, 5) is 0. The van der Waals surface area contributed by atoms with Gasteiger partial charge in [0.25, 0.3) is 0 Å². The van der Waals surface area contributed by atoms with E-state index in [-0.39, 0.29) is 73.3 Å². The predicted molar refractivity (Wildman–Crippen MR) is 209 cm³/mol. The molecule has 6 fully saturated rings. The van der Waals surface area contributed by atoms with E-state index >= 15 is 0 Å². The van der Waals surface area contributed by atoms with E-state index in [0.29, 0.717) is 30.1 Å². The van der Waals surface area contributed by atoms with Gasteiger partial charge in [0.15, 0.2) is 12.6 Å². The van der Waals surface area contributed by atoms with Gasteiger partial charge in [-0.15, -0.1) is 0 Å². The second-order valence-corrected chi connectivity index (χ2v) is 19.6. The minimum absolute atomic E-state index is 0.0344. The van der Waals surface area contributed by atoms with E-state index in [1.54, 1.807) is 0 Å². The van der Waals surface area contributed by atoms with Gasteiger partial charge in [-0.3, -0.25) is 0 Å². The molecule has 15 nitrogen and oxygen atoms in total. The molecule has 21 atom stereocenters. The van der Waals surface area contributed by atoms with Crippen LogP contribution < -0.4 is 0 Å². The van der Waals surface area contributed by atoms with Gasteiger partial charge >= 0.3 is 0 Å². The lowest BCUT2D eigenvalue weighted by Gasteiger charge is -2.64. The van der Waals surface area contributed by atoms with Crippen LogP contribution in [0.1, 0.15) is 98.8 Å². The van der Waals surface area contributed by atoms with Gasteiger partial charge in [0.1, 0.15) is 48.8 Å². The molecule has 2 heterocycles. The SMILES string of the molecule is CC(C)CCC[C@@H](C)[C@H]1CC[C@H]2[C@@H]3[C@H](OCCO[C@@H]4OC(CO)[C@@H](O)[C@H](O)C4O)C[C@@H]4C[C@H](O)CC[C@]4(C)[C@H]3C[C@H](OCCO[C@@H]3OC(CO)[C@@H](O)[C@H](O)C3O)[C@]12C. The number of hydrogen-bond acceptors (Lipinski definition) is 15. The molecule has 58 heavy (non-hydrogen) atoms. The molecule has 4 unspecified atom stereocenters. The lowest BCUT2D eigenvalue weighted by atomic mass is 9.43. The van der Waals surface area contributed by atoms with Crippen molar-refractivity contribution >= 4 is 0 Å². The summed E-state index contributed by atoms with van der Waals surface area (Å²) < 4.78 is 36.7. The molecule has 0 aromatic carbocycles. The van der Waals surface area contributed by atoms with Crippen LogP contribution in [0.5, 0.6) is 0 Å². The summed E-state index contributed by atoms with van der Waals surface area (Å²) in [5.74, 6) is 2.54. The van der Waals surface area contributed by atoms with Gasteiger partial charge in [-0.2, -0.15) is 0 Å². The quantitative estimate of drug-likeness (QED) is 0.0934. The molecule has 4 saturated carbocycles. The van der Waals surface area contributed by atoms with Crippen molar-refractivity contribution in [3.8, 4) is 0 Å². The third-order valence-electron chi connectivity index (χ3n) is 16.0. The van der Waals surface area contributed by atoms with E-state index < -0.39 is 74.6 Å². The van der Waals surface area contributed by atoms with E-state index in [1.807, 2.05) is 0 Å². The summed E-state index contributed by atoms with van der Waals surface area (Å²) in [6, 6.07) is 0. The topological polar surface area (TPSA) is 237 Å². The Labute approximate surface area is 344 Å². The Morgan fingerprint density at radius 1 is 0.621 bits per heavy atom. The molecule has 338 valence electrons. The molecule has 2 saturated heterocycles. The first-order valence-electron chi connectivity index (χ1n) is 22.3. The molecular weight excluding hydrogens is 756 g/mol. The van der Waals surface area contributed by atoms with Gasteiger partial charge in [0.2, 0.25) is 0 Å². The van der Waals surface area contributed by atoms with Crippen molar-refractivity contribution in [3.63, 3.8) is 0 Å².